The summed E-state index contributed by atoms with van der Waals surface area (Å²) >= 11 is 1.74. The molecule has 12 heteroatoms. The van der Waals surface area contributed by atoms with Crippen molar-refractivity contribution < 1.29 is 13.2 Å². The van der Waals surface area contributed by atoms with Gasteiger partial charge in [0.15, 0.2) is 11.6 Å². The molecule has 0 saturated carbocycles. The molecule has 5 heterocycles. The van der Waals surface area contributed by atoms with E-state index >= 15 is 0 Å². The van der Waals surface area contributed by atoms with E-state index in [1.54, 1.807) is 18.4 Å². The summed E-state index contributed by atoms with van der Waals surface area (Å²) in [6.45, 7) is 5.40. The van der Waals surface area contributed by atoms with Gasteiger partial charge in [-0.2, -0.15) is 5.10 Å². The molecule has 0 amide bonds. The second kappa shape index (κ2) is 9.91. The van der Waals surface area contributed by atoms with Crippen molar-refractivity contribution in [3.05, 3.63) is 35.3 Å². The van der Waals surface area contributed by atoms with Crippen molar-refractivity contribution in [2.24, 2.45) is 0 Å². The molecule has 3 aromatic heterocycles. The van der Waals surface area contributed by atoms with Gasteiger partial charge in [-0.05, 0) is 31.5 Å². The zero-order valence-corrected chi connectivity index (χ0v) is 22.7. The van der Waals surface area contributed by atoms with E-state index in [-0.39, 0.29) is 6.04 Å². The first-order chi connectivity index (χ1) is 17.9. The molecule has 2 aliphatic rings. The van der Waals surface area contributed by atoms with Crippen LogP contribution in [0.5, 0.6) is 0 Å². The van der Waals surface area contributed by atoms with Gasteiger partial charge in [0, 0.05) is 55.1 Å². The lowest BCUT2D eigenvalue weighted by Gasteiger charge is -2.36. The molecule has 2 fully saturated rings. The average molecular weight is 542 g/mol. The number of ether oxygens (including phenoxy) is 1. The lowest BCUT2D eigenvalue weighted by Crippen LogP contribution is -2.47. The van der Waals surface area contributed by atoms with E-state index in [0.29, 0.717) is 19.0 Å². The number of piperidine rings is 1. The van der Waals surface area contributed by atoms with E-state index in [1.165, 1.54) is 15.4 Å². The Balaban J connectivity index is 1.35. The first-order valence-corrected chi connectivity index (χ1v) is 15.2. The highest BCUT2D eigenvalue weighted by Gasteiger charge is 2.28. The van der Waals surface area contributed by atoms with Crippen molar-refractivity contribution in [3.63, 3.8) is 0 Å². The van der Waals surface area contributed by atoms with Gasteiger partial charge >= 0.3 is 0 Å². The number of morpholine rings is 1. The molecule has 1 N–H and O–H groups in total. The third-order valence-electron chi connectivity index (χ3n) is 7.34. The van der Waals surface area contributed by atoms with Crippen molar-refractivity contribution in [1.29, 1.82) is 0 Å². The van der Waals surface area contributed by atoms with E-state index in [0.717, 1.165) is 78.1 Å². The van der Waals surface area contributed by atoms with Crippen molar-refractivity contribution in [2.75, 3.05) is 57.6 Å². The molecular formula is C25H31N7O3S2. The number of nitrogens with one attached hydrogen (secondary N) is 1. The highest BCUT2D eigenvalue weighted by atomic mass is 32.2. The Morgan fingerprint density at radius 3 is 2.86 bits per heavy atom. The maximum atomic E-state index is 12.1. The van der Waals surface area contributed by atoms with Gasteiger partial charge < -0.3 is 9.64 Å². The number of nitrogens with zero attached hydrogens (tertiary/aromatic N) is 6. The van der Waals surface area contributed by atoms with Gasteiger partial charge in [0.25, 0.3) is 0 Å². The number of H-pyrrole nitrogens is 1. The van der Waals surface area contributed by atoms with Crippen LogP contribution in [0.25, 0.3) is 32.5 Å². The molecule has 1 unspecified atom stereocenters. The molecule has 6 rings (SSSR count). The normalized spacial score (nSPS) is 19.9. The maximum absolute atomic E-state index is 12.1. The highest BCUT2D eigenvalue weighted by Crippen LogP contribution is 2.36. The summed E-state index contributed by atoms with van der Waals surface area (Å²) in [4.78, 5) is 16.0. The Labute approximate surface area is 220 Å². The van der Waals surface area contributed by atoms with Crippen molar-refractivity contribution in [3.8, 4) is 11.4 Å². The van der Waals surface area contributed by atoms with Crippen LogP contribution in [0.3, 0.4) is 0 Å². The van der Waals surface area contributed by atoms with Crippen molar-refractivity contribution in [2.45, 2.75) is 25.4 Å². The fourth-order valence-electron chi connectivity index (χ4n) is 5.28. The van der Waals surface area contributed by atoms with Crippen LogP contribution in [-0.4, -0.2) is 96.5 Å². The van der Waals surface area contributed by atoms with Gasteiger partial charge in [-0.3, -0.25) is 10.00 Å². The molecule has 37 heavy (non-hydrogen) atoms. The molecule has 196 valence electrons. The predicted molar refractivity (Wildman–Crippen MR) is 146 cm³/mol. The highest BCUT2D eigenvalue weighted by molar-refractivity contribution is 7.88. The van der Waals surface area contributed by atoms with Gasteiger partial charge in [0.2, 0.25) is 10.0 Å². The smallest absolute Gasteiger partial charge is 0.211 e. The van der Waals surface area contributed by atoms with Crippen LogP contribution in [0.15, 0.2) is 30.5 Å². The third-order valence-corrected chi connectivity index (χ3v) is 9.79. The van der Waals surface area contributed by atoms with Gasteiger partial charge in [0.1, 0.15) is 0 Å². The summed E-state index contributed by atoms with van der Waals surface area (Å²) in [6, 6.07) is 8.22. The Bertz CT molecular complexity index is 1530. The summed E-state index contributed by atoms with van der Waals surface area (Å²) in [5, 5.41) is 8.25. The minimum absolute atomic E-state index is 0.00360. The van der Waals surface area contributed by atoms with Gasteiger partial charge in [0.05, 0.1) is 41.4 Å². The summed E-state index contributed by atoms with van der Waals surface area (Å²) in [6.07, 6.45) is 4.98. The Hall–Kier alpha value is -2.64. The fourth-order valence-corrected chi connectivity index (χ4v) is 7.15. The molecule has 1 atom stereocenters. The van der Waals surface area contributed by atoms with Gasteiger partial charge in [-0.1, -0.05) is 12.1 Å². The molecule has 2 saturated heterocycles. The summed E-state index contributed by atoms with van der Waals surface area (Å²) in [7, 11) is -1.52. The first kappa shape index (κ1) is 24.7. The van der Waals surface area contributed by atoms with E-state index in [2.05, 4.69) is 26.1 Å². The first-order valence-electron chi connectivity index (χ1n) is 12.6. The predicted octanol–water partition coefficient (Wildman–Crippen LogP) is 2.93. The summed E-state index contributed by atoms with van der Waals surface area (Å²) < 4.78 is 32.4. The average Bonchev–Trinajstić information content (AvgIpc) is 3.54. The minimum Gasteiger partial charge on any atom is -0.378 e. The Morgan fingerprint density at radius 2 is 2.05 bits per heavy atom. The quantitative estimate of drug-likeness (QED) is 0.397. The molecular weight excluding hydrogens is 510 g/mol. The topological polar surface area (TPSA) is 108 Å². The molecule has 0 spiro atoms. The second-order valence-electron chi connectivity index (χ2n) is 9.84. The zero-order chi connectivity index (χ0) is 25.6. The number of likely N-dealkylation sites (tertiary alicyclic amines) is 1. The number of fused-ring (bicyclic) bond motifs is 2. The fraction of sp³-hybridized carbons (Fsp3) is 0.480. The number of hydrogen-bond acceptors (Lipinski definition) is 9. The van der Waals surface area contributed by atoms with Crippen LogP contribution in [-0.2, 0) is 21.3 Å². The van der Waals surface area contributed by atoms with Gasteiger partial charge in [-0.15, -0.1) is 11.3 Å². The van der Waals surface area contributed by atoms with E-state index < -0.39 is 10.0 Å². The molecule has 10 nitrogen and oxygen atoms in total. The van der Waals surface area contributed by atoms with Crippen LogP contribution in [0.2, 0.25) is 0 Å². The second-order valence-corrected chi connectivity index (χ2v) is 13.0. The molecule has 0 aliphatic carbocycles. The summed E-state index contributed by atoms with van der Waals surface area (Å²) in [5.74, 6) is 1.64. The number of benzene rings is 1. The zero-order valence-electron chi connectivity index (χ0n) is 21.1. The lowest BCUT2D eigenvalue weighted by atomic mass is 10.1. The van der Waals surface area contributed by atoms with Crippen LogP contribution >= 0.6 is 11.3 Å². The number of rotatable bonds is 6. The molecule has 0 bridgehead atoms. The molecule has 2 aliphatic heterocycles. The number of aromatic nitrogens is 4. The number of hydrogen-bond donors (Lipinski definition) is 1. The van der Waals surface area contributed by atoms with E-state index in [1.807, 2.05) is 24.4 Å². The van der Waals surface area contributed by atoms with Crippen LogP contribution in [0, 0.1) is 0 Å². The number of likely N-dealkylation sites (N-methyl/N-ethyl adjacent to an activating group) is 1. The largest absolute Gasteiger partial charge is 0.378 e. The lowest BCUT2D eigenvalue weighted by molar-refractivity contribution is 0.122. The van der Waals surface area contributed by atoms with Gasteiger partial charge in [-0.25, -0.2) is 22.7 Å². The van der Waals surface area contributed by atoms with Crippen molar-refractivity contribution >= 4 is 48.3 Å². The monoisotopic (exact) mass is 541 g/mol. The number of anilines is 1. The van der Waals surface area contributed by atoms with E-state index in [9.17, 15) is 8.42 Å². The minimum atomic E-state index is -3.21. The molecule has 1 aromatic carbocycles. The standard InChI is InChI=1S/C25H31N7O3S2/c1-30(37(2,33)34)17-5-4-8-31(15-17)16-18-13-22-23(36-18)25(32-9-11-35-12-10-32)28-24(27-22)19-6-3-7-21-20(19)14-26-29-21/h3,6-7,13-14,17H,4-5,8-12,15-16H2,1-2H3,(H,26,29). The third kappa shape index (κ3) is 4.96. The van der Waals surface area contributed by atoms with Crippen LogP contribution in [0.4, 0.5) is 5.82 Å². The molecule has 4 aromatic rings. The number of thiophene rings is 1. The maximum Gasteiger partial charge on any atom is 0.211 e. The van der Waals surface area contributed by atoms with E-state index in [4.69, 9.17) is 14.7 Å². The Morgan fingerprint density at radius 1 is 1.22 bits per heavy atom. The Kier molecular flexibility index (Phi) is 6.61. The SMILES string of the molecule is CN(C1CCCN(Cc2cc3nc(-c4cccc5[nH]ncc45)nc(N4CCOCC4)c3s2)C1)S(C)(=O)=O. The summed E-state index contributed by atoms with van der Waals surface area (Å²) in [5.41, 5.74) is 2.85. The number of sulfonamides is 1. The van der Waals surface area contributed by atoms with Crippen LogP contribution in [0.1, 0.15) is 17.7 Å². The molecule has 0 radical (unpaired) electrons. The van der Waals surface area contributed by atoms with Crippen molar-refractivity contribution in [1.82, 2.24) is 29.4 Å². The van der Waals surface area contributed by atoms with Crippen LogP contribution < -0.4 is 4.90 Å². The number of aromatic amines is 1.